The molecule has 0 bridgehead atoms. The molecule has 1 aromatic carbocycles. The molecule has 0 aliphatic carbocycles. The summed E-state index contributed by atoms with van der Waals surface area (Å²) in [6, 6.07) is 4.50. The Bertz CT molecular complexity index is 357. The lowest BCUT2D eigenvalue weighted by molar-refractivity contribution is -0.140. The molecule has 0 heterocycles. The van der Waals surface area contributed by atoms with E-state index in [1.807, 2.05) is 0 Å². The lowest BCUT2D eigenvalue weighted by Gasteiger charge is -2.03. The van der Waals surface area contributed by atoms with Gasteiger partial charge < -0.3 is 10.5 Å². The fraction of sp³-hybridized carbons (Fsp3) is 0.300. The molecule has 5 heteroatoms. The van der Waals surface area contributed by atoms with Crippen molar-refractivity contribution < 1.29 is 13.9 Å². The highest BCUT2D eigenvalue weighted by Crippen LogP contribution is 2.23. The summed E-state index contributed by atoms with van der Waals surface area (Å²) in [7, 11) is 1.33. The highest BCUT2D eigenvalue weighted by Gasteiger charge is 2.05. The number of anilines is 1. The summed E-state index contributed by atoms with van der Waals surface area (Å²) in [4.78, 5) is 11.3. The van der Waals surface area contributed by atoms with Crippen molar-refractivity contribution in [1.29, 1.82) is 0 Å². The smallest absolute Gasteiger partial charge is 0.306 e. The van der Waals surface area contributed by atoms with Crippen molar-refractivity contribution in [3.05, 3.63) is 24.0 Å². The van der Waals surface area contributed by atoms with E-state index in [0.29, 0.717) is 16.3 Å². The predicted molar refractivity (Wildman–Crippen MR) is 58.2 cm³/mol. The topological polar surface area (TPSA) is 52.3 Å². The van der Waals surface area contributed by atoms with Gasteiger partial charge in [-0.15, -0.1) is 11.8 Å². The molecule has 1 rings (SSSR count). The van der Waals surface area contributed by atoms with Gasteiger partial charge >= 0.3 is 5.97 Å². The van der Waals surface area contributed by atoms with E-state index in [1.165, 1.54) is 24.9 Å². The number of nitrogen functional groups attached to an aromatic ring is 1. The molecule has 0 fully saturated rings. The van der Waals surface area contributed by atoms with Crippen LogP contribution in [-0.2, 0) is 9.53 Å². The molecule has 1 aromatic rings. The summed E-state index contributed by atoms with van der Waals surface area (Å²) in [5.41, 5.74) is 5.80. The van der Waals surface area contributed by atoms with Crippen molar-refractivity contribution in [3.8, 4) is 0 Å². The number of hydrogen-bond acceptors (Lipinski definition) is 4. The normalized spacial score (nSPS) is 10.0. The van der Waals surface area contributed by atoms with E-state index in [-0.39, 0.29) is 18.2 Å². The minimum Gasteiger partial charge on any atom is -0.469 e. The molecule has 0 aliphatic rings. The molecule has 82 valence electrons. The van der Waals surface area contributed by atoms with Gasteiger partial charge in [-0.1, -0.05) is 0 Å². The maximum Gasteiger partial charge on any atom is 0.306 e. The second-order valence-electron chi connectivity index (χ2n) is 2.86. The van der Waals surface area contributed by atoms with E-state index in [9.17, 15) is 9.18 Å². The third kappa shape index (κ3) is 3.79. The summed E-state index contributed by atoms with van der Waals surface area (Å²) in [5, 5.41) is 0. The summed E-state index contributed by atoms with van der Waals surface area (Å²) < 4.78 is 17.7. The fourth-order valence-electron chi connectivity index (χ4n) is 0.981. The molecule has 0 radical (unpaired) electrons. The SMILES string of the molecule is COC(=O)CCSc1ccc(N)cc1F. The van der Waals surface area contributed by atoms with Gasteiger partial charge in [-0.05, 0) is 18.2 Å². The highest BCUT2D eigenvalue weighted by molar-refractivity contribution is 7.99. The average molecular weight is 229 g/mol. The van der Waals surface area contributed by atoms with Crippen LogP contribution in [0.2, 0.25) is 0 Å². The van der Waals surface area contributed by atoms with E-state index in [2.05, 4.69) is 4.74 Å². The fourth-order valence-corrected chi connectivity index (χ4v) is 1.83. The average Bonchev–Trinajstić information content (AvgIpc) is 2.21. The number of ether oxygens (including phenoxy) is 1. The van der Waals surface area contributed by atoms with Gasteiger partial charge in [0.25, 0.3) is 0 Å². The molecule has 0 aliphatic heterocycles. The maximum absolute atomic E-state index is 13.2. The van der Waals surface area contributed by atoms with Crippen LogP contribution in [0.5, 0.6) is 0 Å². The molecule has 0 unspecified atom stereocenters. The van der Waals surface area contributed by atoms with Crippen LogP contribution >= 0.6 is 11.8 Å². The predicted octanol–water partition coefficient (Wildman–Crippen LogP) is 2.06. The molecule has 2 N–H and O–H groups in total. The Kier molecular flexibility index (Phi) is 4.42. The Balaban J connectivity index is 2.47. The summed E-state index contributed by atoms with van der Waals surface area (Å²) in [6.45, 7) is 0. The number of carbonyl (C=O) groups excluding carboxylic acids is 1. The van der Waals surface area contributed by atoms with Crippen LogP contribution in [0.3, 0.4) is 0 Å². The van der Waals surface area contributed by atoms with Crippen LogP contribution < -0.4 is 5.73 Å². The summed E-state index contributed by atoms with van der Waals surface area (Å²) in [5.74, 6) is -0.156. The molecule has 3 nitrogen and oxygen atoms in total. The summed E-state index contributed by atoms with van der Waals surface area (Å²) in [6.07, 6.45) is 0.269. The Morgan fingerprint density at radius 2 is 2.33 bits per heavy atom. The van der Waals surface area contributed by atoms with Crippen LogP contribution in [0.25, 0.3) is 0 Å². The van der Waals surface area contributed by atoms with Crippen LogP contribution in [0, 0.1) is 5.82 Å². The standard InChI is InChI=1S/C10H12FNO2S/c1-14-10(13)4-5-15-9-3-2-7(12)6-8(9)11/h2-3,6H,4-5,12H2,1H3. The number of hydrogen-bond donors (Lipinski definition) is 1. The van der Waals surface area contributed by atoms with Crippen molar-refractivity contribution >= 4 is 23.4 Å². The van der Waals surface area contributed by atoms with E-state index >= 15 is 0 Å². The first-order valence-electron chi connectivity index (χ1n) is 4.38. The lowest BCUT2D eigenvalue weighted by Crippen LogP contribution is -2.01. The van der Waals surface area contributed by atoms with Gasteiger partial charge in [0.15, 0.2) is 0 Å². The number of nitrogens with two attached hydrogens (primary N) is 1. The van der Waals surface area contributed by atoms with Crippen molar-refractivity contribution in [1.82, 2.24) is 0 Å². The Morgan fingerprint density at radius 3 is 2.93 bits per heavy atom. The molecule has 15 heavy (non-hydrogen) atoms. The van der Waals surface area contributed by atoms with E-state index in [4.69, 9.17) is 5.73 Å². The molecule has 0 spiro atoms. The van der Waals surface area contributed by atoms with Crippen molar-refractivity contribution in [2.24, 2.45) is 0 Å². The van der Waals surface area contributed by atoms with Crippen molar-refractivity contribution in [2.75, 3.05) is 18.6 Å². The van der Waals surface area contributed by atoms with Crippen LogP contribution in [0.4, 0.5) is 10.1 Å². The number of benzene rings is 1. The summed E-state index contributed by atoms with van der Waals surface area (Å²) >= 11 is 1.27. The van der Waals surface area contributed by atoms with Gasteiger partial charge in [-0.2, -0.15) is 0 Å². The van der Waals surface area contributed by atoms with E-state index in [0.717, 1.165) is 0 Å². The second kappa shape index (κ2) is 5.60. The number of methoxy groups -OCH3 is 1. The highest BCUT2D eigenvalue weighted by atomic mass is 32.2. The van der Waals surface area contributed by atoms with Gasteiger partial charge in [0.2, 0.25) is 0 Å². The number of esters is 1. The molecule has 0 saturated heterocycles. The van der Waals surface area contributed by atoms with Crippen LogP contribution in [0.1, 0.15) is 6.42 Å². The Morgan fingerprint density at radius 1 is 1.60 bits per heavy atom. The van der Waals surface area contributed by atoms with Crippen molar-refractivity contribution in [2.45, 2.75) is 11.3 Å². The Hall–Kier alpha value is -1.23. The molecule has 0 atom stereocenters. The first kappa shape index (κ1) is 11.8. The Labute approximate surface area is 91.8 Å². The van der Waals surface area contributed by atoms with Crippen molar-refractivity contribution in [3.63, 3.8) is 0 Å². The zero-order valence-corrected chi connectivity index (χ0v) is 9.14. The minimum atomic E-state index is -0.357. The minimum absolute atomic E-state index is 0.269. The van der Waals surface area contributed by atoms with E-state index in [1.54, 1.807) is 12.1 Å². The maximum atomic E-state index is 13.2. The van der Waals surface area contributed by atoms with Gasteiger partial charge in [-0.25, -0.2) is 4.39 Å². The van der Waals surface area contributed by atoms with Crippen LogP contribution in [-0.4, -0.2) is 18.8 Å². The van der Waals surface area contributed by atoms with E-state index < -0.39 is 0 Å². The first-order valence-corrected chi connectivity index (χ1v) is 5.36. The quantitative estimate of drug-likeness (QED) is 0.488. The zero-order chi connectivity index (χ0) is 11.3. The zero-order valence-electron chi connectivity index (χ0n) is 8.33. The molecular formula is C10H12FNO2S. The largest absolute Gasteiger partial charge is 0.469 e. The molecular weight excluding hydrogens is 217 g/mol. The third-order valence-corrected chi connectivity index (χ3v) is 2.80. The molecule has 0 aromatic heterocycles. The van der Waals surface area contributed by atoms with Gasteiger partial charge in [-0.3, -0.25) is 4.79 Å². The van der Waals surface area contributed by atoms with Gasteiger partial charge in [0.05, 0.1) is 13.5 Å². The monoisotopic (exact) mass is 229 g/mol. The van der Waals surface area contributed by atoms with Gasteiger partial charge in [0.1, 0.15) is 5.82 Å². The first-order chi connectivity index (χ1) is 7.13. The van der Waals surface area contributed by atoms with Gasteiger partial charge in [0, 0.05) is 16.3 Å². The number of halogens is 1. The molecule has 0 saturated carbocycles. The van der Waals surface area contributed by atoms with Crippen LogP contribution in [0.15, 0.2) is 23.1 Å². The number of thioether (sulfide) groups is 1. The number of carbonyl (C=O) groups is 1. The third-order valence-electron chi connectivity index (χ3n) is 1.75. The number of rotatable bonds is 4. The molecule has 0 amide bonds. The second-order valence-corrected chi connectivity index (χ2v) is 4.00. The lowest BCUT2D eigenvalue weighted by atomic mass is 10.3.